The predicted octanol–water partition coefficient (Wildman–Crippen LogP) is 7.24. The van der Waals surface area contributed by atoms with E-state index in [2.05, 4.69) is 62.3 Å². The number of hydrogen-bond donors (Lipinski definition) is 0. The molecular weight excluding hydrogens is 312 g/mol. The van der Waals surface area contributed by atoms with E-state index in [9.17, 15) is 0 Å². The first kappa shape index (κ1) is 19.3. The van der Waals surface area contributed by atoms with Gasteiger partial charge in [-0.25, -0.2) is 0 Å². The van der Waals surface area contributed by atoms with Gasteiger partial charge in [-0.15, -0.1) is 0 Å². The zero-order valence-corrected chi connectivity index (χ0v) is 19.1. The highest BCUT2D eigenvalue weighted by Gasteiger charge is 2.62. The largest absolute Gasteiger partial charge is 0.0622 e. The Morgan fingerprint density at radius 1 is 0.346 bits per heavy atom. The van der Waals surface area contributed by atoms with Crippen molar-refractivity contribution < 1.29 is 0 Å². The first-order valence-electron chi connectivity index (χ1n) is 12.2. The second-order valence-electron chi connectivity index (χ2n) is 12.0. The summed E-state index contributed by atoms with van der Waals surface area (Å²) in [5, 5.41) is 0. The van der Waals surface area contributed by atoms with Gasteiger partial charge in [0, 0.05) is 0 Å². The SMILES string of the molecule is CC1CCC2C1C(C)C(C)C1C(C)C(C)C3C(C)C(C)C(C)C(C)C3C21. The molecule has 4 rings (SSSR count). The molecule has 0 amide bonds. The highest BCUT2D eigenvalue weighted by atomic mass is 14.7. The summed E-state index contributed by atoms with van der Waals surface area (Å²) in [4.78, 5) is 0. The Morgan fingerprint density at radius 2 is 0.731 bits per heavy atom. The lowest BCUT2D eigenvalue weighted by atomic mass is 9.40. The Labute approximate surface area is 164 Å². The molecule has 0 aromatic heterocycles. The van der Waals surface area contributed by atoms with E-state index in [4.69, 9.17) is 0 Å². The van der Waals surface area contributed by atoms with Gasteiger partial charge in [-0.1, -0.05) is 68.7 Å². The van der Waals surface area contributed by atoms with Crippen molar-refractivity contribution in [2.75, 3.05) is 0 Å². The van der Waals surface area contributed by atoms with Crippen LogP contribution in [0, 0.1) is 88.8 Å². The molecule has 4 saturated carbocycles. The molecule has 0 heterocycles. The minimum absolute atomic E-state index is 0.899. The number of hydrogen-bond acceptors (Lipinski definition) is 0. The Bertz CT molecular complexity index is 522. The van der Waals surface area contributed by atoms with Crippen LogP contribution in [0.25, 0.3) is 0 Å². The summed E-state index contributed by atoms with van der Waals surface area (Å²) in [6.07, 6.45) is 3.05. The molecule has 0 bridgehead atoms. The van der Waals surface area contributed by atoms with Gasteiger partial charge in [-0.2, -0.15) is 0 Å². The first-order chi connectivity index (χ1) is 12.2. The summed E-state index contributed by atoms with van der Waals surface area (Å²) in [5.74, 6) is 14.4. The van der Waals surface area contributed by atoms with Crippen molar-refractivity contribution >= 4 is 0 Å². The maximum atomic E-state index is 2.65. The molecule has 0 aliphatic heterocycles. The van der Waals surface area contributed by atoms with E-state index in [1.54, 1.807) is 6.42 Å². The molecule has 0 heteroatoms. The van der Waals surface area contributed by atoms with Crippen molar-refractivity contribution in [2.24, 2.45) is 88.8 Å². The van der Waals surface area contributed by atoms with Crippen molar-refractivity contribution in [3.05, 3.63) is 0 Å². The predicted molar refractivity (Wildman–Crippen MR) is 113 cm³/mol. The molecule has 0 saturated heterocycles. The van der Waals surface area contributed by atoms with Crippen LogP contribution in [0.3, 0.4) is 0 Å². The fourth-order valence-corrected chi connectivity index (χ4v) is 9.83. The fraction of sp³-hybridized carbons (Fsp3) is 1.00. The van der Waals surface area contributed by atoms with E-state index < -0.39 is 0 Å². The molecule has 15 unspecified atom stereocenters. The normalized spacial score (nSPS) is 65.2. The van der Waals surface area contributed by atoms with Crippen LogP contribution in [-0.4, -0.2) is 0 Å². The van der Waals surface area contributed by atoms with Crippen LogP contribution < -0.4 is 0 Å². The third-order valence-corrected chi connectivity index (χ3v) is 11.7. The van der Waals surface area contributed by atoms with Gasteiger partial charge in [-0.05, 0) is 95.2 Å². The van der Waals surface area contributed by atoms with E-state index in [0.29, 0.717) is 0 Å². The van der Waals surface area contributed by atoms with Crippen molar-refractivity contribution in [1.82, 2.24) is 0 Å². The summed E-state index contributed by atoms with van der Waals surface area (Å²) in [6, 6.07) is 0. The smallest absolute Gasteiger partial charge is 0.0315 e. The van der Waals surface area contributed by atoms with E-state index >= 15 is 0 Å². The van der Waals surface area contributed by atoms with Crippen LogP contribution >= 0.6 is 0 Å². The zero-order chi connectivity index (χ0) is 19.1. The van der Waals surface area contributed by atoms with Crippen LogP contribution in [0.15, 0.2) is 0 Å². The lowest BCUT2D eigenvalue weighted by Gasteiger charge is -2.65. The first-order valence-corrected chi connectivity index (χ1v) is 12.2. The van der Waals surface area contributed by atoms with Gasteiger partial charge in [-0.3, -0.25) is 0 Å². The Kier molecular flexibility index (Phi) is 4.84. The van der Waals surface area contributed by atoms with E-state index in [0.717, 1.165) is 88.8 Å². The van der Waals surface area contributed by atoms with Gasteiger partial charge in [0.2, 0.25) is 0 Å². The van der Waals surface area contributed by atoms with Crippen LogP contribution in [0.4, 0.5) is 0 Å². The van der Waals surface area contributed by atoms with Crippen LogP contribution in [0.2, 0.25) is 0 Å². The van der Waals surface area contributed by atoms with Crippen molar-refractivity contribution in [1.29, 1.82) is 0 Å². The maximum Gasteiger partial charge on any atom is -0.0315 e. The molecule has 4 fully saturated rings. The van der Waals surface area contributed by atoms with Crippen LogP contribution in [0.5, 0.6) is 0 Å². The van der Waals surface area contributed by atoms with Crippen molar-refractivity contribution in [3.8, 4) is 0 Å². The van der Waals surface area contributed by atoms with Gasteiger partial charge >= 0.3 is 0 Å². The third kappa shape index (κ3) is 2.38. The second kappa shape index (κ2) is 6.52. The molecule has 26 heavy (non-hydrogen) atoms. The zero-order valence-electron chi connectivity index (χ0n) is 19.1. The highest BCUT2D eigenvalue weighted by molar-refractivity contribution is 5.10. The molecular formula is C26H46. The van der Waals surface area contributed by atoms with Crippen molar-refractivity contribution in [3.63, 3.8) is 0 Å². The standard InChI is InChI=1S/C26H46/c1-12-10-11-21-22(12)17(6)18(7)24-20(9)19(8)23-15(4)13(2)14(3)16(5)25(23)26(21)24/h12-26H,10-11H2,1-9H3. The molecule has 4 aliphatic rings. The molecule has 0 radical (unpaired) electrons. The monoisotopic (exact) mass is 358 g/mol. The summed E-state index contributed by atoms with van der Waals surface area (Å²) in [6.45, 7) is 23.6. The third-order valence-electron chi connectivity index (χ3n) is 11.7. The lowest BCUT2D eigenvalue weighted by molar-refractivity contribution is -0.178. The Hall–Kier alpha value is 0. The maximum absolute atomic E-state index is 2.65. The van der Waals surface area contributed by atoms with Gasteiger partial charge in [0.1, 0.15) is 0 Å². The summed E-state index contributed by atoms with van der Waals surface area (Å²) in [5.41, 5.74) is 0. The van der Waals surface area contributed by atoms with Crippen LogP contribution in [-0.2, 0) is 0 Å². The van der Waals surface area contributed by atoms with E-state index in [1.165, 1.54) is 6.42 Å². The quantitative estimate of drug-likeness (QED) is 0.428. The fourth-order valence-electron chi connectivity index (χ4n) is 9.83. The molecule has 15 atom stereocenters. The Morgan fingerprint density at radius 3 is 1.27 bits per heavy atom. The lowest BCUT2D eigenvalue weighted by Crippen LogP contribution is -2.61. The van der Waals surface area contributed by atoms with Gasteiger partial charge in [0.25, 0.3) is 0 Å². The number of rotatable bonds is 0. The molecule has 0 spiro atoms. The summed E-state index contributed by atoms with van der Waals surface area (Å²) in [7, 11) is 0. The Balaban J connectivity index is 1.80. The average molecular weight is 359 g/mol. The molecule has 0 aromatic carbocycles. The topological polar surface area (TPSA) is 0 Å². The minimum atomic E-state index is 0.899. The van der Waals surface area contributed by atoms with Gasteiger partial charge < -0.3 is 0 Å². The van der Waals surface area contributed by atoms with Gasteiger partial charge in [0.15, 0.2) is 0 Å². The molecule has 4 aliphatic carbocycles. The number of fused-ring (bicyclic) bond motifs is 5. The van der Waals surface area contributed by atoms with Gasteiger partial charge in [0.05, 0.1) is 0 Å². The molecule has 0 N–H and O–H groups in total. The summed E-state index contributed by atoms with van der Waals surface area (Å²) >= 11 is 0. The second-order valence-corrected chi connectivity index (χ2v) is 12.0. The van der Waals surface area contributed by atoms with E-state index in [1.807, 2.05) is 0 Å². The van der Waals surface area contributed by atoms with E-state index in [-0.39, 0.29) is 0 Å². The molecule has 150 valence electrons. The highest BCUT2D eigenvalue weighted by Crippen LogP contribution is 2.67. The minimum Gasteiger partial charge on any atom is -0.0622 e. The summed E-state index contributed by atoms with van der Waals surface area (Å²) < 4.78 is 0. The van der Waals surface area contributed by atoms with Crippen LogP contribution in [0.1, 0.15) is 75.2 Å². The van der Waals surface area contributed by atoms with Crippen molar-refractivity contribution in [2.45, 2.75) is 75.2 Å². The molecule has 0 aromatic rings. The molecule has 0 nitrogen and oxygen atoms in total. The average Bonchev–Trinajstić information content (AvgIpc) is 2.99.